The van der Waals surface area contributed by atoms with Gasteiger partial charge in [0.1, 0.15) is 13.2 Å². The summed E-state index contributed by atoms with van der Waals surface area (Å²) in [7, 11) is 1.52. The van der Waals surface area contributed by atoms with Crippen LogP contribution in [0, 0.1) is 0 Å². The Bertz CT molecular complexity index is 1590. The molecular formula is C61H104N2O6P+. The van der Waals surface area contributed by atoms with E-state index in [4.69, 9.17) is 9.05 Å². The highest BCUT2D eigenvalue weighted by molar-refractivity contribution is 7.47. The van der Waals surface area contributed by atoms with Gasteiger partial charge >= 0.3 is 7.82 Å². The van der Waals surface area contributed by atoms with Gasteiger partial charge < -0.3 is 19.8 Å². The fraction of sp³-hybridized carbons (Fsp3) is 0.623. The van der Waals surface area contributed by atoms with Crippen molar-refractivity contribution < 1.29 is 32.9 Å². The summed E-state index contributed by atoms with van der Waals surface area (Å²) < 4.78 is 23.6. The van der Waals surface area contributed by atoms with E-state index < -0.39 is 20.0 Å². The fourth-order valence-electron chi connectivity index (χ4n) is 7.05. The Kier molecular flexibility index (Phi) is 48.1. The number of quaternary nitrogens is 1. The predicted molar refractivity (Wildman–Crippen MR) is 304 cm³/mol. The zero-order valence-corrected chi connectivity index (χ0v) is 46.1. The van der Waals surface area contributed by atoms with Gasteiger partial charge in [-0.3, -0.25) is 13.8 Å². The first-order chi connectivity index (χ1) is 34.0. The lowest BCUT2D eigenvalue weighted by molar-refractivity contribution is -0.870. The molecule has 0 bridgehead atoms. The van der Waals surface area contributed by atoms with Crippen LogP contribution in [0.3, 0.4) is 0 Å². The molecule has 1 amide bonds. The zero-order chi connectivity index (χ0) is 51.3. The number of nitrogens with zero attached hydrogens (tertiary/aromatic N) is 1. The van der Waals surface area contributed by atoms with Crippen LogP contribution in [0.5, 0.6) is 0 Å². The Morgan fingerprint density at radius 1 is 0.500 bits per heavy atom. The lowest BCUT2D eigenvalue weighted by Gasteiger charge is -2.25. The van der Waals surface area contributed by atoms with E-state index >= 15 is 0 Å². The number of hydrogen-bond acceptors (Lipinski definition) is 5. The molecule has 0 aromatic heterocycles. The zero-order valence-electron chi connectivity index (χ0n) is 45.2. The Balaban J connectivity index is 4.23. The standard InChI is InChI=1S/C61H103N2O6P/c1-6-8-10-12-14-16-18-20-21-22-23-24-25-26-27-28-29-30-31-32-33-34-35-36-37-38-39-40-41-43-45-47-49-51-53-55-61(65)62-59(58-69-70(66,67)68-57-56-63(3,4)5)60(64)54-52-50-48-46-44-42-19-17-15-13-11-9-7-2/h8,10,14,16,20-21,23-24,26-27,29-30,32-33,35-36,38-39,44,46,52,54,59-60,64H,6-7,9,11-13,15,17-19,22,25,28,31,34,37,40-43,45,47-51,53,55-58H2,1-5H3,(H-,62,65,66,67)/p+1/b10-8-,16-14-,21-20-,24-23-,27-26-,30-29-,33-32-,36-35-,39-38-,46-44+,54-52+. The molecule has 0 fully saturated rings. The number of phosphoric ester groups is 1. The molecule has 0 spiro atoms. The average Bonchev–Trinajstić information content (AvgIpc) is 3.32. The van der Waals surface area contributed by atoms with Crippen LogP contribution in [-0.2, 0) is 18.4 Å². The van der Waals surface area contributed by atoms with Gasteiger partial charge in [-0.2, -0.15) is 0 Å². The smallest absolute Gasteiger partial charge is 0.387 e. The lowest BCUT2D eigenvalue weighted by Crippen LogP contribution is -2.45. The van der Waals surface area contributed by atoms with Crippen LogP contribution in [-0.4, -0.2) is 73.4 Å². The summed E-state index contributed by atoms with van der Waals surface area (Å²) in [6.45, 7) is 4.63. The fourth-order valence-corrected chi connectivity index (χ4v) is 7.78. The first-order valence-corrected chi connectivity index (χ1v) is 29.1. The number of phosphoric acid groups is 1. The number of rotatable bonds is 48. The number of carbonyl (C=O) groups excluding carboxylic acids is 1. The SMILES string of the molecule is CC/C=C\C/C=C\C/C=C\C/C=C\C/C=C\C/C=C\C/C=C\C/C=C\C/C=C\CCCCCCCCCC(=O)NC(COP(=O)(O)OCC[N+](C)(C)C)C(O)/C=C/CC/C=C/CCCCCCCCC. The van der Waals surface area contributed by atoms with Crippen molar-refractivity contribution in [2.45, 2.75) is 206 Å². The molecule has 0 saturated carbocycles. The molecule has 70 heavy (non-hydrogen) atoms. The van der Waals surface area contributed by atoms with Gasteiger partial charge in [-0.25, -0.2) is 4.57 Å². The van der Waals surface area contributed by atoms with Crippen molar-refractivity contribution in [2.24, 2.45) is 0 Å². The van der Waals surface area contributed by atoms with Gasteiger partial charge in [0.25, 0.3) is 0 Å². The molecule has 8 nitrogen and oxygen atoms in total. The second kappa shape index (κ2) is 50.6. The van der Waals surface area contributed by atoms with Crippen molar-refractivity contribution in [3.05, 3.63) is 134 Å². The van der Waals surface area contributed by atoms with E-state index in [0.717, 1.165) is 109 Å². The molecule has 398 valence electrons. The van der Waals surface area contributed by atoms with Crippen molar-refractivity contribution in [1.82, 2.24) is 5.32 Å². The van der Waals surface area contributed by atoms with Crippen LogP contribution in [0.1, 0.15) is 194 Å². The minimum absolute atomic E-state index is 0.0465. The molecule has 0 heterocycles. The minimum Gasteiger partial charge on any atom is -0.387 e. The molecule has 3 N–H and O–H groups in total. The second-order valence-electron chi connectivity index (χ2n) is 19.2. The first kappa shape index (κ1) is 66.6. The maximum absolute atomic E-state index is 12.9. The van der Waals surface area contributed by atoms with Gasteiger partial charge in [0.15, 0.2) is 0 Å². The summed E-state index contributed by atoms with van der Waals surface area (Å²) in [6.07, 6.45) is 76.9. The number of carbonyl (C=O) groups is 1. The van der Waals surface area contributed by atoms with Crippen LogP contribution < -0.4 is 5.32 Å². The topological polar surface area (TPSA) is 105 Å². The molecule has 9 heteroatoms. The molecule has 0 radical (unpaired) electrons. The largest absolute Gasteiger partial charge is 0.472 e. The van der Waals surface area contributed by atoms with Crippen molar-refractivity contribution in [1.29, 1.82) is 0 Å². The number of unbranched alkanes of at least 4 members (excludes halogenated alkanes) is 15. The Morgan fingerprint density at radius 2 is 0.871 bits per heavy atom. The predicted octanol–water partition coefficient (Wildman–Crippen LogP) is 16.8. The lowest BCUT2D eigenvalue weighted by atomic mass is 10.1. The van der Waals surface area contributed by atoms with Gasteiger partial charge in [-0.1, -0.05) is 218 Å². The van der Waals surface area contributed by atoms with Crippen molar-refractivity contribution in [2.75, 3.05) is 40.9 Å². The van der Waals surface area contributed by atoms with Gasteiger partial charge in [-0.05, 0) is 103 Å². The van der Waals surface area contributed by atoms with Gasteiger partial charge in [0.2, 0.25) is 5.91 Å². The Morgan fingerprint density at radius 3 is 1.31 bits per heavy atom. The molecular weight excluding hydrogens is 888 g/mol. The summed E-state index contributed by atoms with van der Waals surface area (Å²) in [5, 5.41) is 13.8. The van der Waals surface area contributed by atoms with E-state index in [1.54, 1.807) is 6.08 Å². The van der Waals surface area contributed by atoms with Crippen LogP contribution in [0.4, 0.5) is 0 Å². The second-order valence-corrected chi connectivity index (χ2v) is 20.7. The van der Waals surface area contributed by atoms with Gasteiger partial charge in [0.05, 0.1) is 39.9 Å². The third-order valence-electron chi connectivity index (χ3n) is 11.4. The average molecular weight is 992 g/mol. The van der Waals surface area contributed by atoms with E-state index in [9.17, 15) is 19.4 Å². The monoisotopic (exact) mass is 992 g/mol. The minimum atomic E-state index is -4.36. The maximum Gasteiger partial charge on any atom is 0.472 e. The summed E-state index contributed by atoms with van der Waals surface area (Å²) in [6, 6.07) is -0.878. The van der Waals surface area contributed by atoms with E-state index in [0.29, 0.717) is 17.4 Å². The molecule has 0 aliphatic carbocycles. The number of likely N-dealkylation sites (N-methyl/N-ethyl adjacent to an activating group) is 1. The van der Waals surface area contributed by atoms with E-state index in [1.165, 1.54) is 64.2 Å². The highest BCUT2D eigenvalue weighted by Gasteiger charge is 2.27. The van der Waals surface area contributed by atoms with Crippen molar-refractivity contribution in [3.8, 4) is 0 Å². The molecule has 3 unspecified atom stereocenters. The first-order valence-electron chi connectivity index (χ1n) is 27.6. The maximum atomic E-state index is 12.9. The van der Waals surface area contributed by atoms with Gasteiger partial charge in [0, 0.05) is 6.42 Å². The highest BCUT2D eigenvalue weighted by atomic mass is 31.2. The number of aliphatic hydroxyl groups is 1. The van der Waals surface area contributed by atoms with Crippen molar-refractivity contribution in [3.63, 3.8) is 0 Å². The van der Waals surface area contributed by atoms with Crippen LogP contribution in [0.2, 0.25) is 0 Å². The quantitative estimate of drug-likeness (QED) is 0.0243. The molecule has 0 aliphatic rings. The van der Waals surface area contributed by atoms with Crippen molar-refractivity contribution >= 4 is 13.7 Å². The highest BCUT2D eigenvalue weighted by Crippen LogP contribution is 2.43. The number of aliphatic hydroxyl groups excluding tert-OH is 1. The number of amides is 1. The molecule has 0 aromatic carbocycles. The third-order valence-corrected chi connectivity index (χ3v) is 12.3. The van der Waals surface area contributed by atoms with Crippen LogP contribution in [0.25, 0.3) is 0 Å². The summed E-state index contributed by atoms with van der Waals surface area (Å²) in [4.78, 5) is 23.2. The number of allylic oxidation sites excluding steroid dienone is 21. The van der Waals surface area contributed by atoms with Gasteiger partial charge in [-0.15, -0.1) is 0 Å². The van der Waals surface area contributed by atoms with Crippen LogP contribution >= 0.6 is 7.82 Å². The number of nitrogens with one attached hydrogen (secondary N) is 1. The van der Waals surface area contributed by atoms with E-state index in [1.807, 2.05) is 27.2 Å². The summed E-state index contributed by atoms with van der Waals surface area (Å²) >= 11 is 0. The van der Waals surface area contributed by atoms with E-state index in [-0.39, 0.29) is 19.1 Å². The number of hydrogen-bond donors (Lipinski definition) is 3. The third kappa shape index (κ3) is 52.5. The molecule has 0 aliphatic heterocycles. The summed E-state index contributed by atoms with van der Waals surface area (Å²) in [5.74, 6) is -0.206. The molecule has 0 saturated heterocycles. The molecule has 0 rings (SSSR count). The molecule has 0 aromatic rings. The Hall–Kier alpha value is -3.36. The molecule has 3 atom stereocenters. The summed E-state index contributed by atoms with van der Waals surface area (Å²) in [5.41, 5.74) is 0. The Labute approximate surface area is 430 Å². The van der Waals surface area contributed by atoms with E-state index in [2.05, 4.69) is 141 Å². The normalized spacial score (nSPS) is 15.0. The van der Waals surface area contributed by atoms with Crippen LogP contribution in [0.15, 0.2) is 134 Å².